The van der Waals surface area contributed by atoms with Crippen molar-refractivity contribution < 1.29 is 45.3 Å². The Bertz CT molecular complexity index is 1040. The molecule has 6 unspecified atom stereocenters. The molecule has 0 aromatic heterocycles. The zero-order valence-corrected chi connectivity index (χ0v) is 20.7. The topological polar surface area (TPSA) is 50.7 Å². The Morgan fingerprint density at radius 3 is 2.21 bits per heavy atom. The third-order valence-corrected chi connectivity index (χ3v) is 7.48. The van der Waals surface area contributed by atoms with Gasteiger partial charge in [0, 0.05) is 18.6 Å². The van der Waals surface area contributed by atoms with Gasteiger partial charge in [-0.2, -0.15) is 26.3 Å². The van der Waals surface area contributed by atoms with Crippen LogP contribution >= 0.6 is 0 Å². The molecule has 2 N–H and O–H groups in total. The highest BCUT2D eigenvalue weighted by atomic mass is 19.4. The standard InChI is InChI=1S/C27H30F7NO3/c1-15(18-11-19(26(29,30)31)13-20(12-18)27(32,33)34)38-25-24(17-2-4-21(28)5-3-17)22(7-9-37-25)23-10-16(14-36)6-8-35-23/h2-5,11-13,15-16,22-25,35-36H,6-10,14H2,1H3. The fourth-order valence-corrected chi connectivity index (χ4v) is 5.49. The molecule has 2 aliphatic heterocycles. The van der Waals surface area contributed by atoms with Crippen molar-refractivity contribution in [1.82, 2.24) is 5.32 Å². The van der Waals surface area contributed by atoms with Gasteiger partial charge < -0.3 is 19.9 Å². The average molecular weight is 550 g/mol. The van der Waals surface area contributed by atoms with Crippen molar-refractivity contribution in [3.8, 4) is 0 Å². The van der Waals surface area contributed by atoms with Crippen LogP contribution in [0, 0.1) is 17.7 Å². The molecule has 4 rings (SSSR count). The SMILES string of the molecule is CC(OC1OCCC(C2CC(CO)CCN2)C1c1ccc(F)cc1)c1cc(C(F)(F)F)cc(C(F)(F)F)c1. The highest BCUT2D eigenvalue weighted by Gasteiger charge is 2.43. The van der Waals surface area contributed by atoms with E-state index in [4.69, 9.17) is 9.47 Å². The van der Waals surface area contributed by atoms with Crippen molar-refractivity contribution >= 4 is 0 Å². The third-order valence-electron chi connectivity index (χ3n) is 7.48. The van der Waals surface area contributed by atoms with Crippen LogP contribution in [0.5, 0.6) is 0 Å². The first-order valence-corrected chi connectivity index (χ1v) is 12.5. The smallest absolute Gasteiger partial charge is 0.396 e. The lowest BCUT2D eigenvalue weighted by molar-refractivity contribution is -0.212. The molecule has 0 amide bonds. The van der Waals surface area contributed by atoms with E-state index in [2.05, 4.69) is 5.32 Å². The normalized spacial score (nSPS) is 27.8. The Hall–Kier alpha value is -2.21. The maximum absolute atomic E-state index is 13.7. The lowest BCUT2D eigenvalue weighted by atomic mass is 9.73. The number of rotatable bonds is 6. The lowest BCUT2D eigenvalue weighted by Crippen LogP contribution is -2.50. The summed E-state index contributed by atoms with van der Waals surface area (Å²) in [7, 11) is 0. The van der Waals surface area contributed by atoms with E-state index < -0.39 is 47.6 Å². The fraction of sp³-hybridized carbons (Fsp3) is 0.556. The first kappa shape index (κ1) is 28.8. The van der Waals surface area contributed by atoms with Crippen molar-refractivity contribution in [2.75, 3.05) is 19.8 Å². The summed E-state index contributed by atoms with van der Waals surface area (Å²) in [6, 6.07) is 7.10. The zero-order chi connectivity index (χ0) is 27.7. The summed E-state index contributed by atoms with van der Waals surface area (Å²) in [4.78, 5) is 0. The number of benzene rings is 2. The van der Waals surface area contributed by atoms with Gasteiger partial charge in [-0.05, 0) is 86.0 Å². The van der Waals surface area contributed by atoms with Crippen LogP contribution in [0.15, 0.2) is 42.5 Å². The molecule has 0 radical (unpaired) electrons. The van der Waals surface area contributed by atoms with Gasteiger partial charge in [0.1, 0.15) is 5.82 Å². The summed E-state index contributed by atoms with van der Waals surface area (Å²) < 4.78 is 106. The number of alkyl halides is 6. The van der Waals surface area contributed by atoms with E-state index in [1.165, 1.54) is 19.1 Å². The van der Waals surface area contributed by atoms with E-state index in [1.807, 2.05) is 0 Å². The number of nitrogens with one attached hydrogen (secondary N) is 1. The van der Waals surface area contributed by atoms with E-state index in [9.17, 15) is 35.8 Å². The molecule has 11 heteroatoms. The van der Waals surface area contributed by atoms with Crippen molar-refractivity contribution in [2.24, 2.45) is 11.8 Å². The second-order valence-electron chi connectivity index (χ2n) is 10.0. The minimum absolute atomic E-state index is 0.0355. The molecule has 6 atom stereocenters. The monoisotopic (exact) mass is 549 g/mol. The van der Waals surface area contributed by atoms with Gasteiger partial charge in [0.25, 0.3) is 0 Å². The quantitative estimate of drug-likeness (QED) is 0.407. The molecular formula is C27H30F7NO3. The Kier molecular flexibility index (Phi) is 8.71. The summed E-state index contributed by atoms with van der Waals surface area (Å²) in [6.45, 7) is 2.37. The number of piperidine rings is 1. The first-order chi connectivity index (χ1) is 17.9. The second kappa shape index (κ2) is 11.5. The number of halogens is 7. The van der Waals surface area contributed by atoms with Crippen molar-refractivity contribution in [3.63, 3.8) is 0 Å². The van der Waals surface area contributed by atoms with Crippen LogP contribution in [0.3, 0.4) is 0 Å². The van der Waals surface area contributed by atoms with Gasteiger partial charge in [-0.3, -0.25) is 0 Å². The molecular weight excluding hydrogens is 519 g/mol. The zero-order valence-electron chi connectivity index (χ0n) is 20.7. The molecule has 0 bridgehead atoms. The molecule has 2 aromatic rings. The molecule has 2 fully saturated rings. The molecule has 2 heterocycles. The maximum Gasteiger partial charge on any atom is 0.416 e. The second-order valence-corrected chi connectivity index (χ2v) is 10.0. The largest absolute Gasteiger partial charge is 0.416 e. The fourth-order valence-electron chi connectivity index (χ4n) is 5.49. The number of aliphatic hydroxyl groups is 1. The van der Waals surface area contributed by atoms with Gasteiger partial charge in [-0.15, -0.1) is 0 Å². The third kappa shape index (κ3) is 6.67. The molecule has 210 valence electrons. The molecule has 2 aliphatic rings. The van der Waals surface area contributed by atoms with E-state index in [1.54, 1.807) is 12.1 Å². The summed E-state index contributed by atoms with van der Waals surface area (Å²) >= 11 is 0. The van der Waals surface area contributed by atoms with Crippen LogP contribution < -0.4 is 5.32 Å². The molecule has 0 saturated carbocycles. The van der Waals surface area contributed by atoms with Gasteiger partial charge in [0.2, 0.25) is 0 Å². The summed E-state index contributed by atoms with van der Waals surface area (Å²) in [6.07, 6.45) is -10.0. The van der Waals surface area contributed by atoms with Crippen molar-refractivity contribution in [2.45, 2.75) is 62.9 Å². The Morgan fingerprint density at radius 2 is 1.63 bits per heavy atom. The minimum atomic E-state index is -4.98. The van der Waals surface area contributed by atoms with Crippen molar-refractivity contribution in [3.05, 3.63) is 70.5 Å². The predicted octanol–water partition coefficient (Wildman–Crippen LogP) is 6.45. The molecule has 38 heavy (non-hydrogen) atoms. The summed E-state index contributed by atoms with van der Waals surface area (Å²) in [5.74, 6) is -0.919. The molecule has 0 aliphatic carbocycles. The maximum atomic E-state index is 13.7. The van der Waals surface area contributed by atoms with Gasteiger partial charge in [0.15, 0.2) is 6.29 Å². The van der Waals surface area contributed by atoms with Crippen LogP contribution in [0.1, 0.15) is 60.5 Å². The molecule has 2 saturated heterocycles. The van der Waals surface area contributed by atoms with Gasteiger partial charge >= 0.3 is 12.4 Å². The van der Waals surface area contributed by atoms with Crippen LogP contribution in [0.4, 0.5) is 30.7 Å². The number of ether oxygens (including phenoxy) is 2. The van der Waals surface area contributed by atoms with Gasteiger partial charge in [0.05, 0.1) is 23.8 Å². The molecule has 4 nitrogen and oxygen atoms in total. The van der Waals surface area contributed by atoms with Crippen LogP contribution in [0.2, 0.25) is 0 Å². The van der Waals surface area contributed by atoms with Crippen LogP contribution in [-0.2, 0) is 21.8 Å². The number of aliphatic hydroxyl groups excluding tert-OH is 1. The Balaban J connectivity index is 1.66. The predicted molar refractivity (Wildman–Crippen MR) is 125 cm³/mol. The van der Waals surface area contributed by atoms with Gasteiger partial charge in [-0.1, -0.05) is 12.1 Å². The highest BCUT2D eigenvalue weighted by molar-refractivity contribution is 5.35. The molecule has 0 spiro atoms. The Labute approximate surface area is 216 Å². The van der Waals surface area contributed by atoms with E-state index >= 15 is 0 Å². The first-order valence-electron chi connectivity index (χ1n) is 12.5. The minimum Gasteiger partial charge on any atom is -0.396 e. The molecule has 2 aromatic carbocycles. The van der Waals surface area contributed by atoms with Crippen molar-refractivity contribution in [1.29, 1.82) is 0 Å². The van der Waals surface area contributed by atoms with E-state index in [-0.39, 0.29) is 42.7 Å². The van der Waals surface area contributed by atoms with E-state index in [0.717, 1.165) is 6.42 Å². The van der Waals surface area contributed by atoms with E-state index in [0.29, 0.717) is 37.1 Å². The lowest BCUT2D eigenvalue weighted by Gasteiger charge is -2.45. The summed E-state index contributed by atoms with van der Waals surface area (Å²) in [5.41, 5.74) is -2.44. The van der Waals surface area contributed by atoms with Crippen LogP contribution in [-0.4, -0.2) is 37.2 Å². The number of hydrogen-bond donors (Lipinski definition) is 2. The average Bonchev–Trinajstić information content (AvgIpc) is 2.88. The number of hydrogen-bond acceptors (Lipinski definition) is 4. The summed E-state index contributed by atoms with van der Waals surface area (Å²) in [5, 5.41) is 13.2. The Morgan fingerprint density at radius 1 is 1.00 bits per heavy atom. The highest BCUT2D eigenvalue weighted by Crippen LogP contribution is 2.43. The van der Waals surface area contributed by atoms with Gasteiger partial charge in [-0.25, -0.2) is 4.39 Å². The van der Waals surface area contributed by atoms with Crippen LogP contribution in [0.25, 0.3) is 0 Å².